The highest BCUT2D eigenvalue weighted by Gasteiger charge is 2.34. The molecule has 2 N–H and O–H groups in total. The molecule has 0 aromatic heterocycles. The van der Waals surface area contributed by atoms with Crippen LogP contribution in [0.5, 0.6) is 0 Å². The highest BCUT2D eigenvalue weighted by atomic mass is 35.5. The van der Waals surface area contributed by atoms with Crippen LogP contribution in [-0.2, 0) is 4.79 Å². The van der Waals surface area contributed by atoms with E-state index in [-0.39, 0.29) is 24.1 Å². The van der Waals surface area contributed by atoms with E-state index in [1.54, 1.807) is 6.07 Å². The van der Waals surface area contributed by atoms with Gasteiger partial charge in [-0.3, -0.25) is 4.79 Å². The third-order valence-electron chi connectivity index (χ3n) is 3.59. The summed E-state index contributed by atoms with van der Waals surface area (Å²) in [5.74, 6) is -0.369. The number of benzene rings is 1. The molecule has 1 aromatic carbocycles. The Kier molecular flexibility index (Phi) is 5.32. The van der Waals surface area contributed by atoms with Crippen molar-refractivity contribution in [3.63, 3.8) is 0 Å². The molecule has 0 bridgehead atoms. The highest BCUT2D eigenvalue weighted by molar-refractivity contribution is 5.95. The average molecular weight is 287 g/mol. The van der Waals surface area contributed by atoms with E-state index in [9.17, 15) is 9.18 Å². The summed E-state index contributed by atoms with van der Waals surface area (Å²) in [6.45, 7) is 5.44. The number of hydrogen-bond acceptors (Lipinski definition) is 2. The maximum atomic E-state index is 13.2. The fraction of sp³-hybridized carbons (Fsp3) is 0.500. The van der Waals surface area contributed by atoms with E-state index < -0.39 is 5.41 Å². The predicted molar refractivity (Wildman–Crippen MR) is 77.2 cm³/mol. The van der Waals surface area contributed by atoms with E-state index in [1.807, 2.05) is 13.8 Å². The van der Waals surface area contributed by atoms with Gasteiger partial charge in [-0.05, 0) is 50.9 Å². The summed E-state index contributed by atoms with van der Waals surface area (Å²) >= 11 is 0. The van der Waals surface area contributed by atoms with E-state index in [4.69, 9.17) is 0 Å². The summed E-state index contributed by atoms with van der Waals surface area (Å²) < 4.78 is 13.2. The predicted octanol–water partition coefficient (Wildman–Crippen LogP) is 2.88. The van der Waals surface area contributed by atoms with Gasteiger partial charge >= 0.3 is 0 Å². The minimum absolute atomic E-state index is 0. The lowest BCUT2D eigenvalue weighted by atomic mass is 9.82. The summed E-state index contributed by atoms with van der Waals surface area (Å²) in [5, 5.41) is 6.08. The van der Waals surface area contributed by atoms with Crippen LogP contribution >= 0.6 is 12.4 Å². The van der Waals surface area contributed by atoms with Crippen molar-refractivity contribution in [3.05, 3.63) is 29.6 Å². The minimum Gasteiger partial charge on any atom is -0.325 e. The number of amides is 1. The van der Waals surface area contributed by atoms with Crippen molar-refractivity contribution in [3.8, 4) is 0 Å². The summed E-state index contributed by atoms with van der Waals surface area (Å²) in [6, 6.07) is 4.44. The fourth-order valence-electron chi connectivity index (χ4n) is 2.25. The third kappa shape index (κ3) is 3.67. The molecule has 0 aliphatic carbocycles. The van der Waals surface area contributed by atoms with Gasteiger partial charge in [0.1, 0.15) is 5.82 Å². The van der Waals surface area contributed by atoms with E-state index >= 15 is 0 Å². The Morgan fingerprint density at radius 3 is 2.84 bits per heavy atom. The largest absolute Gasteiger partial charge is 0.325 e. The van der Waals surface area contributed by atoms with Gasteiger partial charge in [0.2, 0.25) is 5.91 Å². The van der Waals surface area contributed by atoms with Gasteiger partial charge in [-0.15, -0.1) is 12.4 Å². The topological polar surface area (TPSA) is 41.1 Å². The first-order valence-electron chi connectivity index (χ1n) is 6.30. The number of rotatable bonds is 2. The maximum Gasteiger partial charge on any atom is 0.231 e. The van der Waals surface area contributed by atoms with Crippen molar-refractivity contribution in [1.82, 2.24) is 5.32 Å². The van der Waals surface area contributed by atoms with Gasteiger partial charge in [-0.2, -0.15) is 0 Å². The van der Waals surface area contributed by atoms with Crippen LogP contribution in [0.1, 0.15) is 25.3 Å². The molecule has 106 valence electrons. The SMILES string of the molecule is Cc1ccc(F)cc1NC(=O)C1(C)CCCNC1.Cl. The molecule has 1 amide bonds. The normalized spacial score (nSPS) is 22.5. The van der Waals surface area contributed by atoms with Gasteiger partial charge in [0.15, 0.2) is 0 Å². The van der Waals surface area contributed by atoms with Gasteiger partial charge in [-0.1, -0.05) is 6.07 Å². The molecule has 1 atom stereocenters. The minimum atomic E-state index is -0.406. The number of carbonyl (C=O) groups excluding carboxylic acids is 1. The standard InChI is InChI=1S/C14H19FN2O.ClH/c1-10-4-5-11(15)8-12(10)17-13(18)14(2)6-3-7-16-9-14;/h4-5,8,16H,3,6-7,9H2,1-2H3,(H,17,18);1H. The molecule has 1 unspecified atom stereocenters. The van der Waals surface area contributed by atoms with Crippen LogP contribution in [-0.4, -0.2) is 19.0 Å². The molecule has 0 radical (unpaired) electrons. The van der Waals surface area contributed by atoms with Crippen LogP contribution in [0.2, 0.25) is 0 Å². The molecule has 19 heavy (non-hydrogen) atoms. The summed E-state index contributed by atoms with van der Waals surface area (Å²) in [4.78, 5) is 12.3. The Labute approximate surface area is 119 Å². The molecule has 1 saturated heterocycles. The van der Waals surface area contributed by atoms with Crippen molar-refractivity contribution < 1.29 is 9.18 Å². The van der Waals surface area contributed by atoms with Gasteiger partial charge < -0.3 is 10.6 Å². The van der Waals surface area contributed by atoms with Gasteiger partial charge in [0, 0.05) is 12.2 Å². The van der Waals surface area contributed by atoms with Crippen molar-refractivity contribution in [1.29, 1.82) is 0 Å². The molecule has 3 nitrogen and oxygen atoms in total. The van der Waals surface area contributed by atoms with Crippen LogP contribution in [0.25, 0.3) is 0 Å². The van der Waals surface area contributed by atoms with Crippen molar-refractivity contribution >= 4 is 24.0 Å². The van der Waals surface area contributed by atoms with Gasteiger partial charge in [-0.25, -0.2) is 4.39 Å². The molecule has 5 heteroatoms. The molecule has 1 heterocycles. The van der Waals surface area contributed by atoms with Gasteiger partial charge in [0.25, 0.3) is 0 Å². The quantitative estimate of drug-likeness (QED) is 0.878. The molecule has 1 aromatic rings. The Bertz CT molecular complexity index is 459. The zero-order valence-electron chi connectivity index (χ0n) is 11.3. The third-order valence-corrected chi connectivity index (χ3v) is 3.59. The second kappa shape index (κ2) is 6.35. The molecule has 0 saturated carbocycles. The second-order valence-corrected chi connectivity index (χ2v) is 5.25. The lowest BCUT2D eigenvalue weighted by Gasteiger charge is -2.32. The van der Waals surface area contributed by atoms with Crippen LogP contribution < -0.4 is 10.6 Å². The number of piperidine rings is 1. The number of carbonyl (C=O) groups is 1. The first-order valence-corrected chi connectivity index (χ1v) is 6.30. The summed E-state index contributed by atoms with van der Waals surface area (Å²) in [7, 11) is 0. The summed E-state index contributed by atoms with van der Waals surface area (Å²) in [6.07, 6.45) is 1.85. The zero-order chi connectivity index (χ0) is 13.2. The van der Waals surface area contributed by atoms with E-state index in [2.05, 4.69) is 10.6 Å². The number of aryl methyl sites for hydroxylation is 1. The second-order valence-electron chi connectivity index (χ2n) is 5.25. The van der Waals surface area contributed by atoms with E-state index in [1.165, 1.54) is 12.1 Å². The van der Waals surface area contributed by atoms with Crippen molar-refractivity contribution in [2.24, 2.45) is 5.41 Å². The number of anilines is 1. The highest BCUT2D eigenvalue weighted by Crippen LogP contribution is 2.28. The van der Waals surface area contributed by atoms with Crippen molar-refractivity contribution in [2.75, 3.05) is 18.4 Å². The molecule has 2 rings (SSSR count). The Morgan fingerprint density at radius 1 is 1.47 bits per heavy atom. The molecular weight excluding hydrogens is 267 g/mol. The number of halogens is 2. The number of hydrogen-bond donors (Lipinski definition) is 2. The Balaban J connectivity index is 0.00000180. The van der Waals surface area contributed by atoms with Crippen LogP contribution in [0, 0.1) is 18.2 Å². The Morgan fingerprint density at radius 2 is 2.21 bits per heavy atom. The molecule has 1 aliphatic rings. The molecule has 0 spiro atoms. The monoisotopic (exact) mass is 286 g/mol. The van der Waals surface area contributed by atoms with E-state index in [0.29, 0.717) is 12.2 Å². The van der Waals surface area contributed by atoms with Crippen LogP contribution in [0.15, 0.2) is 18.2 Å². The van der Waals surface area contributed by atoms with Crippen molar-refractivity contribution in [2.45, 2.75) is 26.7 Å². The molecule has 1 aliphatic heterocycles. The lowest BCUT2D eigenvalue weighted by Crippen LogP contribution is -2.46. The average Bonchev–Trinajstić information content (AvgIpc) is 2.35. The Hall–Kier alpha value is -1.13. The first kappa shape index (κ1) is 15.9. The molecule has 1 fully saturated rings. The van der Waals surface area contributed by atoms with Crippen LogP contribution in [0.3, 0.4) is 0 Å². The molecular formula is C14H20ClFN2O. The van der Waals surface area contributed by atoms with E-state index in [0.717, 1.165) is 24.9 Å². The maximum absolute atomic E-state index is 13.2. The zero-order valence-corrected chi connectivity index (χ0v) is 12.1. The number of nitrogens with one attached hydrogen (secondary N) is 2. The first-order chi connectivity index (χ1) is 8.51. The fourth-order valence-corrected chi connectivity index (χ4v) is 2.25. The smallest absolute Gasteiger partial charge is 0.231 e. The summed E-state index contributed by atoms with van der Waals surface area (Å²) in [5.41, 5.74) is 1.03. The lowest BCUT2D eigenvalue weighted by molar-refractivity contribution is -0.125. The van der Waals surface area contributed by atoms with Crippen LogP contribution in [0.4, 0.5) is 10.1 Å². The van der Waals surface area contributed by atoms with Gasteiger partial charge in [0.05, 0.1) is 5.41 Å².